The lowest BCUT2D eigenvalue weighted by Crippen LogP contribution is -2.65. The highest BCUT2D eigenvalue weighted by atomic mass is 16.5. The van der Waals surface area contributed by atoms with Crippen LogP contribution < -0.4 is 62.0 Å². The minimum atomic E-state index is 0.0402. The van der Waals surface area contributed by atoms with E-state index < -0.39 is 0 Å². The van der Waals surface area contributed by atoms with E-state index in [-0.39, 0.29) is 13.4 Å². The van der Waals surface area contributed by atoms with Crippen molar-refractivity contribution >= 4 is 109 Å². The van der Waals surface area contributed by atoms with Gasteiger partial charge in [-0.1, -0.05) is 84.9 Å². The smallest absolute Gasteiger partial charge is 0.256 e. The Kier molecular flexibility index (Phi) is 7.83. The Morgan fingerprint density at radius 1 is 0.353 bits per heavy atom. The van der Waals surface area contributed by atoms with Gasteiger partial charge in [0.2, 0.25) is 0 Å². The van der Waals surface area contributed by atoms with E-state index in [0.717, 1.165) is 76.2 Å². The molecule has 8 aliphatic heterocycles. The van der Waals surface area contributed by atoms with E-state index in [2.05, 4.69) is 176 Å². The lowest BCUT2D eigenvalue weighted by Gasteiger charge is -2.48. The Morgan fingerprint density at radius 2 is 0.882 bits per heavy atom. The molecular formula is C60H49B2N5O. The van der Waals surface area contributed by atoms with Gasteiger partial charge in [-0.3, -0.25) is 0 Å². The predicted octanol–water partition coefficient (Wildman–Crippen LogP) is 9.57. The lowest BCUT2D eigenvalue weighted by atomic mass is 9.30. The van der Waals surface area contributed by atoms with E-state index in [4.69, 9.17) is 4.74 Å². The molecular weight excluding hydrogens is 828 g/mol. The lowest BCUT2D eigenvalue weighted by molar-refractivity contribution is 0.487. The van der Waals surface area contributed by atoms with E-state index in [0.29, 0.717) is 0 Å². The van der Waals surface area contributed by atoms with Gasteiger partial charge in [-0.25, -0.2) is 0 Å². The average molecular weight is 878 g/mol. The number of aryl methyl sites for hydroxylation is 2. The highest BCUT2D eigenvalue weighted by Gasteiger charge is 2.49. The molecule has 0 N–H and O–H groups in total. The summed E-state index contributed by atoms with van der Waals surface area (Å²) in [5.74, 6) is 1.94. The fraction of sp³-hybridized carbons (Fsp3) is 0.200. The van der Waals surface area contributed by atoms with Crippen molar-refractivity contribution in [3.8, 4) is 11.5 Å². The molecule has 0 aliphatic carbocycles. The first-order chi connectivity index (χ1) is 33.8. The van der Waals surface area contributed by atoms with E-state index >= 15 is 0 Å². The summed E-state index contributed by atoms with van der Waals surface area (Å²) in [5.41, 5.74) is 28.8. The van der Waals surface area contributed by atoms with Gasteiger partial charge in [0.25, 0.3) is 13.4 Å². The molecule has 8 heterocycles. The molecule has 68 heavy (non-hydrogen) atoms. The minimum Gasteiger partial charge on any atom is -0.458 e. The molecule has 8 aliphatic rings. The van der Waals surface area contributed by atoms with Gasteiger partial charge in [0.15, 0.2) is 0 Å². The maximum Gasteiger partial charge on any atom is 0.256 e. The molecule has 8 heteroatoms. The number of hydrogen-bond acceptors (Lipinski definition) is 6. The number of ether oxygens (including phenoxy) is 1. The molecule has 0 fully saturated rings. The van der Waals surface area contributed by atoms with E-state index in [1.165, 1.54) is 130 Å². The van der Waals surface area contributed by atoms with Crippen molar-refractivity contribution in [2.24, 2.45) is 0 Å². The number of benzene rings is 8. The van der Waals surface area contributed by atoms with Crippen LogP contribution in [0.5, 0.6) is 11.5 Å². The van der Waals surface area contributed by atoms with Gasteiger partial charge in [0.05, 0.1) is 0 Å². The van der Waals surface area contributed by atoms with Crippen molar-refractivity contribution in [3.05, 3.63) is 174 Å². The van der Waals surface area contributed by atoms with Crippen LogP contribution in [0.1, 0.15) is 47.9 Å². The van der Waals surface area contributed by atoms with Crippen LogP contribution in [-0.2, 0) is 25.7 Å². The molecule has 0 spiro atoms. The summed E-state index contributed by atoms with van der Waals surface area (Å²) < 4.78 is 7.25. The Hall–Kier alpha value is -7.31. The largest absolute Gasteiger partial charge is 0.458 e. The van der Waals surface area contributed by atoms with Gasteiger partial charge in [-0.05, 0) is 167 Å². The van der Waals surface area contributed by atoms with Crippen molar-refractivity contribution in [2.45, 2.75) is 51.4 Å². The van der Waals surface area contributed by atoms with Gasteiger partial charge >= 0.3 is 0 Å². The molecule has 8 aromatic rings. The number of fused-ring (bicyclic) bond motifs is 10. The zero-order valence-corrected chi connectivity index (χ0v) is 38.2. The highest BCUT2D eigenvalue weighted by molar-refractivity contribution is 7.02. The van der Waals surface area contributed by atoms with E-state index in [1.54, 1.807) is 0 Å². The average Bonchev–Trinajstić information content (AvgIpc) is 3.40. The molecule has 0 amide bonds. The van der Waals surface area contributed by atoms with Crippen molar-refractivity contribution in [3.63, 3.8) is 0 Å². The zero-order valence-electron chi connectivity index (χ0n) is 38.2. The summed E-state index contributed by atoms with van der Waals surface area (Å²) in [7, 11) is 0. The molecule has 0 bridgehead atoms. The first kappa shape index (κ1) is 37.7. The topological polar surface area (TPSA) is 25.4 Å². The molecule has 0 atom stereocenters. The number of nitrogens with zero attached hydrogens (tertiary/aromatic N) is 5. The monoisotopic (exact) mass is 877 g/mol. The SMILES string of the molecule is c1ccc(N2c3cc4c(cc3B3c5ccc(N6CCCc7ccccc76)c6c5N(CCC6)c5cccc2c53)B2c3ccc(N5CCCc6ccccc65)c5c3N(CCC5)c3cccc(c32)O4)cc1. The number of hydrogen-bond donors (Lipinski definition) is 0. The van der Waals surface area contributed by atoms with Gasteiger partial charge in [-0.15, -0.1) is 0 Å². The van der Waals surface area contributed by atoms with Crippen molar-refractivity contribution in [1.29, 1.82) is 0 Å². The Bertz CT molecular complexity index is 3480. The third kappa shape index (κ3) is 5.05. The second kappa shape index (κ2) is 14.1. The summed E-state index contributed by atoms with van der Waals surface area (Å²) >= 11 is 0. The molecule has 16 rings (SSSR count). The van der Waals surface area contributed by atoms with E-state index in [1.807, 2.05) is 0 Å². The zero-order chi connectivity index (χ0) is 44.2. The van der Waals surface area contributed by atoms with Crippen molar-refractivity contribution < 1.29 is 4.74 Å². The van der Waals surface area contributed by atoms with Crippen LogP contribution in [0.3, 0.4) is 0 Å². The maximum atomic E-state index is 7.25. The first-order valence-electron chi connectivity index (χ1n) is 25.3. The van der Waals surface area contributed by atoms with Crippen LogP contribution in [0.2, 0.25) is 0 Å². The molecule has 0 saturated carbocycles. The molecule has 0 radical (unpaired) electrons. The second-order valence-electron chi connectivity index (χ2n) is 20.3. The normalized spacial score (nSPS) is 17.2. The summed E-state index contributed by atoms with van der Waals surface area (Å²) in [4.78, 5) is 13.2. The number of rotatable bonds is 3. The summed E-state index contributed by atoms with van der Waals surface area (Å²) in [6.07, 6.45) is 9.05. The van der Waals surface area contributed by atoms with E-state index in [9.17, 15) is 0 Å². The number of anilines is 11. The third-order valence-electron chi connectivity index (χ3n) is 16.9. The third-order valence-corrected chi connectivity index (χ3v) is 16.9. The minimum absolute atomic E-state index is 0.0402. The van der Waals surface area contributed by atoms with Crippen LogP contribution in [0.25, 0.3) is 0 Å². The molecule has 8 aromatic carbocycles. The summed E-state index contributed by atoms with van der Waals surface area (Å²) in [6, 6.07) is 58.1. The molecule has 0 unspecified atom stereocenters. The molecule has 326 valence electrons. The van der Waals surface area contributed by atoms with Crippen molar-refractivity contribution in [2.75, 3.05) is 50.7 Å². The Balaban J connectivity index is 0.930. The van der Waals surface area contributed by atoms with Gasteiger partial charge < -0.3 is 29.2 Å². The fourth-order valence-electron chi connectivity index (χ4n) is 14.3. The van der Waals surface area contributed by atoms with Gasteiger partial charge in [0.1, 0.15) is 11.5 Å². The number of para-hydroxylation sites is 3. The Labute approximate surface area is 399 Å². The van der Waals surface area contributed by atoms with Crippen LogP contribution in [0.4, 0.5) is 62.6 Å². The molecule has 0 saturated heterocycles. The summed E-state index contributed by atoms with van der Waals surface area (Å²) in [5, 5.41) is 0. The fourth-order valence-corrected chi connectivity index (χ4v) is 14.3. The predicted molar refractivity (Wildman–Crippen MR) is 284 cm³/mol. The standard InChI is InChI=1S/C60H49B2N5O/c1-2-18-40(19-3-1)67-53-26-8-24-51-57(53)61(43-28-30-49(41-20-12-34-65(51)59(41)43)63-32-10-16-38-14-4-6-22-47(38)63)45-36-46-56(37-54(45)67)68-55-27-9-25-52-58(55)62(46)44-29-31-50(42-21-13-35-66(52)60(42)44)64-33-11-17-39-15-5-7-23-48(39)64/h1-9,14-15,18-19,22-31,36-37H,10-13,16-17,20-21,32-35H2. The quantitative estimate of drug-likeness (QED) is 0.164. The second-order valence-corrected chi connectivity index (χ2v) is 20.3. The van der Waals surface area contributed by atoms with Gasteiger partial charge in [0, 0.05) is 94.8 Å². The van der Waals surface area contributed by atoms with Crippen LogP contribution in [-0.4, -0.2) is 39.6 Å². The molecule has 6 nitrogen and oxygen atoms in total. The Morgan fingerprint density at radius 3 is 1.54 bits per heavy atom. The van der Waals surface area contributed by atoms with Crippen LogP contribution >= 0.6 is 0 Å². The molecule has 0 aromatic heterocycles. The first-order valence-corrected chi connectivity index (χ1v) is 25.3. The van der Waals surface area contributed by atoms with Crippen LogP contribution in [0.15, 0.2) is 152 Å². The van der Waals surface area contributed by atoms with Crippen LogP contribution in [0, 0.1) is 0 Å². The highest BCUT2D eigenvalue weighted by Crippen LogP contribution is 2.49. The maximum absolute atomic E-state index is 7.25. The summed E-state index contributed by atoms with van der Waals surface area (Å²) in [6.45, 7) is 4.21. The van der Waals surface area contributed by atoms with Crippen molar-refractivity contribution in [1.82, 2.24) is 0 Å². The van der Waals surface area contributed by atoms with Gasteiger partial charge in [-0.2, -0.15) is 0 Å².